The van der Waals surface area contributed by atoms with Crippen LogP contribution < -0.4 is 10.5 Å². The van der Waals surface area contributed by atoms with Crippen LogP contribution in [0.3, 0.4) is 0 Å². The predicted octanol–water partition coefficient (Wildman–Crippen LogP) is 1.84. The van der Waals surface area contributed by atoms with Crippen LogP contribution in [-0.2, 0) is 0 Å². The lowest BCUT2D eigenvalue weighted by Crippen LogP contribution is -2.22. The normalized spacial score (nSPS) is 11.2. The van der Waals surface area contributed by atoms with Crippen molar-refractivity contribution in [2.45, 2.75) is 26.4 Å². The van der Waals surface area contributed by atoms with E-state index in [9.17, 15) is 0 Å². The number of ether oxygens (including phenoxy) is 1. The second kappa shape index (κ2) is 3.01. The Morgan fingerprint density at radius 1 is 1.33 bits per heavy atom. The van der Waals surface area contributed by atoms with Gasteiger partial charge in [-0.2, -0.15) is 0 Å². The highest BCUT2D eigenvalue weighted by molar-refractivity contribution is 5.32. The minimum atomic E-state index is -0.183. The average Bonchev–Trinajstić information content (AvgIpc) is 1.91. The summed E-state index contributed by atoms with van der Waals surface area (Å²) in [5.74, 6) is 1.26. The van der Waals surface area contributed by atoms with Crippen LogP contribution >= 0.6 is 0 Å². The Labute approximate surface area is 72.6 Å². The standard InChI is InChI=1S/C9H14N2O/c1-9(2,3)12-7-4-5-8(10)11-6-7/h4-6H,1-3H3,(H2,10,11). The topological polar surface area (TPSA) is 48.1 Å². The molecular weight excluding hydrogens is 152 g/mol. The first-order chi connectivity index (χ1) is 5.47. The Balaban J connectivity index is 2.71. The van der Waals surface area contributed by atoms with Gasteiger partial charge in [-0.15, -0.1) is 0 Å². The number of rotatable bonds is 1. The van der Waals surface area contributed by atoms with Gasteiger partial charge in [-0.3, -0.25) is 0 Å². The molecule has 0 aromatic carbocycles. The highest BCUT2D eigenvalue weighted by atomic mass is 16.5. The molecule has 0 atom stereocenters. The molecule has 12 heavy (non-hydrogen) atoms. The average molecular weight is 166 g/mol. The predicted molar refractivity (Wildman–Crippen MR) is 49.0 cm³/mol. The molecule has 0 aliphatic carbocycles. The maximum Gasteiger partial charge on any atom is 0.138 e. The fourth-order valence-corrected chi connectivity index (χ4v) is 0.806. The number of hydrogen-bond acceptors (Lipinski definition) is 3. The van der Waals surface area contributed by atoms with Crippen LogP contribution in [0, 0.1) is 0 Å². The van der Waals surface area contributed by atoms with E-state index in [2.05, 4.69) is 4.98 Å². The monoisotopic (exact) mass is 166 g/mol. The summed E-state index contributed by atoms with van der Waals surface area (Å²) in [7, 11) is 0. The zero-order valence-corrected chi connectivity index (χ0v) is 7.66. The first-order valence-electron chi connectivity index (χ1n) is 3.88. The van der Waals surface area contributed by atoms with Crippen molar-refractivity contribution in [3.05, 3.63) is 18.3 Å². The second-order valence-electron chi connectivity index (χ2n) is 3.63. The fourth-order valence-electron chi connectivity index (χ4n) is 0.806. The molecule has 1 rings (SSSR count). The molecular formula is C9H14N2O. The van der Waals surface area contributed by atoms with E-state index >= 15 is 0 Å². The molecule has 3 nitrogen and oxygen atoms in total. The molecule has 1 aromatic heterocycles. The summed E-state index contributed by atoms with van der Waals surface area (Å²) < 4.78 is 5.54. The van der Waals surface area contributed by atoms with Crippen molar-refractivity contribution in [3.63, 3.8) is 0 Å². The van der Waals surface area contributed by atoms with E-state index < -0.39 is 0 Å². The zero-order valence-electron chi connectivity index (χ0n) is 7.66. The maximum atomic E-state index is 5.54. The molecule has 0 saturated carbocycles. The van der Waals surface area contributed by atoms with E-state index in [4.69, 9.17) is 10.5 Å². The summed E-state index contributed by atoms with van der Waals surface area (Å²) in [6.45, 7) is 5.97. The molecule has 0 saturated heterocycles. The van der Waals surface area contributed by atoms with Crippen LogP contribution in [0.15, 0.2) is 18.3 Å². The Morgan fingerprint density at radius 2 is 2.00 bits per heavy atom. The Bertz CT molecular complexity index is 248. The number of hydrogen-bond donors (Lipinski definition) is 1. The molecule has 0 unspecified atom stereocenters. The summed E-state index contributed by atoms with van der Waals surface area (Å²) in [5.41, 5.74) is 5.24. The van der Waals surface area contributed by atoms with Crippen molar-refractivity contribution in [2.75, 3.05) is 5.73 Å². The van der Waals surface area contributed by atoms with Gasteiger partial charge < -0.3 is 10.5 Å². The van der Waals surface area contributed by atoms with Crippen LogP contribution in [-0.4, -0.2) is 10.6 Å². The number of anilines is 1. The van der Waals surface area contributed by atoms with Gasteiger partial charge in [0.1, 0.15) is 17.2 Å². The Kier molecular flexibility index (Phi) is 2.22. The molecule has 1 heterocycles. The summed E-state index contributed by atoms with van der Waals surface area (Å²) in [4.78, 5) is 3.92. The Morgan fingerprint density at radius 3 is 2.42 bits per heavy atom. The zero-order chi connectivity index (χ0) is 9.19. The number of aromatic nitrogens is 1. The van der Waals surface area contributed by atoms with Crippen LogP contribution in [0.25, 0.3) is 0 Å². The quantitative estimate of drug-likeness (QED) is 0.692. The van der Waals surface area contributed by atoms with E-state index in [-0.39, 0.29) is 5.60 Å². The van der Waals surface area contributed by atoms with Crippen LogP contribution in [0.5, 0.6) is 5.75 Å². The van der Waals surface area contributed by atoms with Crippen molar-refractivity contribution in [3.8, 4) is 5.75 Å². The van der Waals surface area contributed by atoms with Crippen molar-refractivity contribution in [2.24, 2.45) is 0 Å². The van der Waals surface area contributed by atoms with Gasteiger partial charge >= 0.3 is 0 Å². The van der Waals surface area contributed by atoms with Gasteiger partial charge in [0.2, 0.25) is 0 Å². The molecule has 0 aliphatic heterocycles. The van der Waals surface area contributed by atoms with Gasteiger partial charge in [-0.25, -0.2) is 4.98 Å². The maximum absolute atomic E-state index is 5.54. The lowest BCUT2D eigenvalue weighted by Gasteiger charge is -2.20. The van der Waals surface area contributed by atoms with Crippen LogP contribution in [0.4, 0.5) is 5.82 Å². The molecule has 0 fully saturated rings. The number of nitrogens with two attached hydrogens (primary N) is 1. The van der Waals surface area contributed by atoms with Crippen LogP contribution in [0.2, 0.25) is 0 Å². The molecule has 0 radical (unpaired) electrons. The van der Waals surface area contributed by atoms with Gasteiger partial charge in [0.05, 0.1) is 6.20 Å². The van der Waals surface area contributed by atoms with Gasteiger partial charge in [-0.05, 0) is 32.9 Å². The largest absolute Gasteiger partial charge is 0.487 e. The molecule has 0 spiro atoms. The van der Waals surface area contributed by atoms with E-state index in [1.54, 1.807) is 12.3 Å². The van der Waals surface area contributed by atoms with Gasteiger partial charge in [0.15, 0.2) is 0 Å². The first-order valence-corrected chi connectivity index (χ1v) is 3.88. The minimum absolute atomic E-state index is 0.183. The van der Waals surface area contributed by atoms with E-state index in [1.807, 2.05) is 26.8 Å². The third-order valence-electron chi connectivity index (χ3n) is 1.18. The molecule has 0 bridgehead atoms. The highest BCUT2D eigenvalue weighted by Gasteiger charge is 2.11. The van der Waals surface area contributed by atoms with Crippen molar-refractivity contribution in [1.82, 2.24) is 4.98 Å². The molecule has 2 N–H and O–H groups in total. The van der Waals surface area contributed by atoms with E-state index in [0.717, 1.165) is 5.75 Å². The van der Waals surface area contributed by atoms with Gasteiger partial charge in [0, 0.05) is 0 Å². The summed E-state index contributed by atoms with van der Waals surface area (Å²) in [6.07, 6.45) is 1.63. The third-order valence-corrected chi connectivity index (χ3v) is 1.18. The molecule has 0 amide bonds. The Hall–Kier alpha value is -1.25. The van der Waals surface area contributed by atoms with Crippen molar-refractivity contribution < 1.29 is 4.74 Å². The van der Waals surface area contributed by atoms with Crippen molar-refractivity contribution >= 4 is 5.82 Å². The molecule has 1 aromatic rings. The van der Waals surface area contributed by atoms with E-state index in [1.165, 1.54) is 0 Å². The smallest absolute Gasteiger partial charge is 0.138 e. The summed E-state index contributed by atoms with van der Waals surface area (Å²) in [5, 5.41) is 0. The molecule has 66 valence electrons. The first kappa shape index (κ1) is 8.84. The SMILES string of the molecule is CC(C)(C)Oc1ccc(N)nc1. The molecule has 0 aliphatic rings. The van der Waals surface area contributed by atoms with Gasteiger partial charge in [0.25, 0.3) is 0 Å². The van der Waals surface area contributed by atoms with Crippen molar-refractivity contribution in [1.29, 1.82) is 0 Å². The lowest BCUT2D eigenvalue weighted by molar-refractivity contribution is 0.130. The van der Waals surface area contributed by atoms with Gasteiger partial charge in [-0.1, -0.05) is 0 Å². The summed E-state index contributed by atoms with van der Waals surface area (Å²) in [6, 6.07) is 3.54. The number of pyridine rings is 1. The summed E-state index contributed by atoms with van der Waals surface area (Å²) >= 11 is 0. The molecule has 3 heteroatoms. The lowest BCUT2D eigenvalue weighted by atomic mass is 10.2. The number of nitrogens with zero attached hydrogens (tertiary/aromatic N) is 1. The fraction of sp³-hybridized carbons (Fsp3) is 0.444. The van der Waals surface area contributed by atoms with E-state index in [0.29, 0.717) is 5.82 Å². The minimum Gasteiger partial charge on any atom is -0.487 e. The number of nitrogen functional groups attached to an aromatic ring is 1. The highest BCUT2D eigenvalue weighted by Crippen LogP contribution is 2.16. The van der Waals surface area contributed by atoms with Crippen LogP contribution in [0.1, 0.15) is 20.8 Å². The second-order valence-corrected chi connectivity index (χ2v) is 3.63. The third kappa shape index (κ3) is 2.78.